The average molecular weight is 329 g/mol. The summed E-state index contributed by atoms with van der Waals surface area (Å²) in [7, 11) is -4.45. The van der Waals surface area contributed by atoms with Gasteiger partial charge in [0.05, 0.1) is 16.9 Å². The minimum Gasteiger partial charge on any atom is -0.478 e. The van der Waals surface area contributed by atoms with E-state index < -0.39 is 51.4 Å². The van der Waals surface area contributed by atoms with E-state index in [2.05, 4.69) is 0 Å². The van der Waals surface area contributed by atoms with E-state index in [4.69, 9.17) is 5.11 Å². The van der Waals surface area contributed by atoms with Crippen LogP contribution in [0.2, 0.25) is 0 Å². The van der Waals surface area contributed by atoms with Crippen LogP contribution in [0.15, 0.2) is 17.0 Å². The number of rotatable bonds is 5. The maximum atomic E-state index is 13.5. The molecule has 0 aromatic heterocycles. The van der Waals surface area contributed by atoms with Crippen LogP contribution < -0.4 is 4.72 Å². The van der Waals surface area contributed by atoms with Crippen LogP contribution in [0.1, 0.15) is 22.3 Å². The SMILES string of the molecule is Cc1c(F)cc(C(=O)O)cc1S(=O)(=O)NCCC(F)(F)F. The minimum atomic E-state index is -4.55. The molecule has 0 atom stereocenters. The summed E-state index contributed by atoms with van der Waals surface area (Å²) in [4.78, 5) is 10.1. The number of carbonyl (C=O) groups is 1. The van der Waals surface area contributed by atoms with Crippen molar-refractivity contribution in [3.63, 3.8) is 0 Å². The van der Waals surface area contributed by atoms with Crippen molar-refractivity contribution in [2.24, 2.45) is 0 Å². The van der Waals surface area contributed by atoms with Crippen LogP contribution in [0, 0.1) is 12.7 Å². The molecule has 1 rings (SSSR count). The fourth-order valence-corrected chi connectivity index (χ4v) is 2.77. The number of carboxylic acids is 1. The second kappa shape index (κ2) is 5.98. The van der Waals surface area contributed by atoms with E-state index in [9.17, 15) is 30.8 Å². The van der Waals surface area contributed by atoms with Crippen LogP contribution in [0.3, 0.4) is 0 Å². The minimum absolute atomic E-state index is 0.375. The highest BCUT2D eigenvalue weighted by Crippen LogP contribution is 2.22. The number of hydrogen-bond acceptors (Lipinski definition) is 3. The Morgan fingerprint density at radius 2 is 1.90 bits per heavy atom. The average Bonchev–Trinajstić information content (AvgIpc) is 2.29. The number of alkyl halides is 3. The summed E-state index contributed by atoms with van der Waals surface area (Å²) < 4.78 is 74.7. The molecule has 0 unspecified atom stereocenters. The van der Waals surface area contributed by atoms with Crippen molar-refractivity contribution < 1.29 is 35.9 Å². The zero-order valence-electron chi connectivity index (χ0n) is 10.7. The van der Waals surface area contributed by atoms with E-state index in [1.165, 1.54) is 0 Å². The highest BCUT2D eigenvalue weighted by Gasteiger charge is 2.28. The van der Waals surface area contributed by atoms with Gasteiger partial charge in [-0.3, -0.25) is 0 Å². The lowest BCUT2D eigenvalue weighted by atomic mass is 10.1. The van der Waals surface area contributed by atoms with Crippen LogP contribution in [0.5, 0.6) is 0 Å². The third-order valence-corrected chi connectivity index (χ3v) is 4.12. The first-order valence-corrected chi connectivity index (χ1v) is 7.02. The molecule has 0 aliphatic carbocycles. The molecular formula is C11H11F4NO4S. The second-order valence-electron chi connectivity index (χ2n) is 4.15. The van der Waals surface area contributed by atoms with Gasteiger partial charge in [0.25, 0.3) is 0 Å². The van der Waals surface area contributed by atoms with Crippen LogP contribution >= 0.6 is 0 Å². The molecule has 10 heteroatoms. The number of halogens is 4. The molecule has 21 heavy (non-hydrogen) atoms. The Hall–Kier alpha value is -1.68. The number of sulfonamides is 1. The predicted molar refractivity (Wildman–Crippen MR) is 64.0 cm³/mol. The molecule has 0 aliphatic rings. The lowest BCUT2D eigenvalue weighted by molar-refractivity contribution is -0.132. The maximum Gasteiger partial charge on any atom is 0.390 e. The molecule has 0 heterocycles. The van der Waals surface area contributed by atoms with Crippen LogP contribution in [-0.4, -0.2) is 32.2 Å². The summed E-state index contributed by atoms with van der Waals surface area (Å²) in [6, 6.07) is 1.32. The van der Waals surface area contributed by atoms with Gasteiger partial charge in [-0.1, -0.05) is 0 Å². The lowest BCUT2D eigenvalue weighted by Gasteiger charge is -2.12. The number of carboxylic acid groups (broad SMARTS) is 1. The van der Waals surface area contributed by atoms with Gasteiger partial charge < -0.3 is 5.11 Å². The number of nitrogens with one attached hydrogen (secondary N) is 1. The fraction of sp³-hybridized carbons (Fsp3) is 0.364. The first-order valence-electron chi connectivity index (χ1n) is 5.54. The number of benzene rings is 1. The van der Waals surface area contributed by atoms with Crippen molar-refractivity contribution in [2.45, 2.75) is 24.4 Å². The summed E-state index contributed by atoms with van der Waals surface area (Å²) in [5.74, 6) is -2.63. The third-order valence-electron chi connectivity index (χ3n) is 2.53. The van der Waals surface area contributed by atoms with Gasteiger partial charge in [-0.15, -0.1) is 0 Å². The van der Waals surface area contributed by atoms with Crippen molar-refractivity contribution in [3.8, 4) is 0 Å². The zero-order chi connectivity index (χ0) is 16.4. The van der Waals surface area contributed by atoms with Gasteiger partial charge in [0, 0.05) is 12.1 Å². The maximum absolute atomic E-state index is 13.5. The van der Waals surface area contributed by atoms with E-state index >= 15 is 0 Å². The summed E-state index contributed by atoms with van der Waals surface area (Å²) in [6.45, 7) is 0.156. The molecule has 1 aromatic rings. The van der Waals surface area contributed by atoms with Gasteiger partial charge in [-0.2, -0.15) is 13.2 Å². The number of hydrogen-bond donors (Lipinski definition) is 2. The van der Waals surface area contributed by atoms with Crippen LogP contribution in [-0.2, 0) is 10.0 Å². The summed E-state index contributed by atoms with van der Waals surface area (Å²) in [5, 5.41) is 8.74. The number of aromatic carboxylic acids is 1. The molecule has 118 valence electrons. The summed E-state index contributed by atoms with van der Waals surface area (Å²) in [6.07, 6.45) is -5.95. The van der Waals surface area contributed by atoms with Crippen molar-refractivity contribution in [1.82, 2.24) is 4.72 Å². The Labute approximate surface area is 117 Å². The Morgan fingerprint density at radius 3 is 2.38 bits per heavy atom. The molecule has 0 saturated carbocycles. The monoisotopic (exact) mass is 329 g/mol. The Bertz CT molecular complexity index is 655. The first-order chi connectivity index (χ1) is 9.44. The molecule has 0 radical (unpaired) electrons. The normalized spacial score (nSPS) is 12.4. The molecule has 0 fully saturated rings. The van der Waals surface area contributed by atoms with Crippen molar-refractivity contribution in [3.05, 3.63) is 29.1 Å². The molecular weight excluding hydrogens is 318 g/mol. The molecule has 0 bridgehead atoms. The highest BCUT2D eigenvalue weighted by molar-refractivity contribution is 7.89. The van der Waals surface area contributed by atoms with Gasteiger partial charge in [-0.25, -0.2) is 22.3 Å². The van der Waals surface area contributed by atoms with Gasteiger partial charge in [0.1, 0.15) is 5.82 Å². The quantitative estimate of drug-likeness (QED) is 0.810. The Balaban J connectivity index is 3.11. The molecule has 0 aliphatic heterocycles. The van der Waals surface area contributed by atoms with E-state index in [1.54, 1.807) is 4.72 Å². The Kier molecular flexibility index (Phi) is 4.95. The fourth-order valence-electron chi connectivity index (χ4n) is 1.46. The largest absolute Gasteiger partial charge is 0.478 e. The Morgan fingerprint density at radius 1 is 1.33 bits per heavy atom. The van der Waals surface area contributed by atoms with Gasteiger partial charge in [-0.05, 0) is 19.1 Å². The topological polar surface area (TPSA) is 83.5 Å². The van der Waals surface area contributed by atoms with E-state index in [-0.39, 0.29) is 5.56 Å². The van der Waals surface area contributed by atoms with Gasteiger partial charge >= 0.3 is 12.1 Å². The third kappa shape index (κ3) is 4.67. The van der Waals surface area contributed by atoms with Gasteiger partial charge in [0.15, 0.2) is 0 Å². The molecule has 0 saturated heterocycles. The van der Waals surface area contributed by atoms with Gasteiger partial charge in [0.2, 0.25) is 10.0 Å². The van der Waals surface area contributed by atoms with Crippen molar-refractivity contribution >= 4 is 16.0 Å². The van der Waals surface area contributed by atoms with E-state index in [0.29, 0.717) is 12.1 Å². The lowest BCUT2D eigenvalue weighted by Crippen LogP contribution is -2.29. The summed E-state index contributed by atoms with van der Waals surface area (Å²) >= 11 is 0. The van der Waals surface area contributed by atoms with E-state index in [1.807, 2.05) is 0 Å². The predicted octanol–water partition coefficient (Wildman–Crippen LogP) is 2.06. The first kappa shape index (κ1) is 17.4. The van der Waals surface area contributed by atoms with Crippen LogP contribution in [0.4, 0.5) is 17.6 Å². The van der Waals surface area contributed by atoms with E-state index in [0.717, 1.165) is 6.92 Å². The molecule has 0 spiro atoms. The molecule has 5 nitrogen and oxygen atoms in total. The smallest absolute Gasteiger partial charge is 0.390 e. The highest BCUT2D eigenvalue weighted by atomic mass is 32.2. The molecule has 2 N–H and O–H groups in total. The zero-order valence-corrected chi connectivity index (χ0v) is 11.5. The van der Waals surface area contributed by atoms with Crippen LogP contribution in [0.25, 0.3) is 0 Å². The van der Waals surface area contributed by atoms with Crippen molar-refractivity contribution in [2.75, 3.05) is 6.54 Å². The molecule has 1 aromatic carbocycles. The van der Waals surface area contributed by atoms with Crippen molar-refractivity contribution in [1.29, 1.82) is 0 Å². The summed E-state index contributed by atoms with van der Waals surface area (Å²) in [5.41, 5.74) is -0.992. The molecule has 0 amide bonds. The standard InChI is InChI=1S/C11H11F4NO4S/c1-6-8(12)4-7(10(17)18)5-9(6)21(19,20)16-3-2-11(13,14)15/h4-5,16H,2-3H2,1H3,(H,17,18). The second-order valence-corrected chi connectivity index (χ2v) is 5.88.